The molecular formula is C28H51N5O. The van der Waals surface area contributed by atoms with Crippen molar-refractivity contribution in [1.29, 1.82) is 5.41 Å². The van der Waals surface area contributed by atoms with Crippen LogP contribution >= 0.6 is 0 Å². The molecule has 34 heavy (non-hydrogen) atoms. The highest BCUT2D eigenvalue weighted by Crippen LogP contribution is 2.23. The first-order valence-electron chi connectivity index (χ1n) is 12.8. The predicted octanol–water partition coefficient (Wildman–Crippen LogP) is 6.67. The maximum atomic E-state index is 6.92. The van der Waals surface area contributed by atoms with Gasteiger partial charge in [0.15, 0.2) is 0 Å². The van der Waals surface area contributed by atoms with E-state index in [0.717, 1.165) is 50.3 Å². The third-order valence-electron chi connectivity index (χ3n) is 4.63. The third-order valence-corrected chi connectivity index (χ3v) is 4.63. The van der Waals surface area contributed by atoms with Gasteiger partial charge in [0, 0.05) is 43.7 Å². The van der Waals surface area contributed by atoms with Gasteiger partial charge in [0.1, 0.15) is 12.4 Å². The van der Waals surface area contributed by atoms with Crippen molar-refractivity contribution in [1.82, 2.24) is 9.88 Å². The number of hydrogen-bond acceptors (Lipinski definition) is 6. The third kappa shape index (κ3) is 15.3. The number of nitrogens with zero attached hydrogens (tertiary/aromatic N) is 3. The lowest BCUT2D eigenvalue weighted by Gasteiger charge is -2.24. The lowest BCUT2D eigenvalue weighted by Crippen LogP contribution is -2.26. The number of nitrogens with two attached hydrogens (primary N) is 1. The molecule has 6 nitrogen and oxygen atoms in total. The van der Waals surface area contributed by atoms with Gasteiger partial charge in [0.05, 0.1) is 0 Å². The van der Waals surface area contributed by atoms with Crippen LogP contribution in [0.3, 0.4) is 0 Å². The number of benzene rings is 1. The smallest absolute Gasteiger partial charge is 0.217 e. The second kappa shape index (κ2) is 22.2. The fourth-order valence-corrected chi connectivity index (χ4v) is 2.90. The van der Waals surface area contributed by atoms with Crippen LogP contribution in [0.25, 0.3) is 0 Å². The number of nitrogen functional groups attached to an aromatic ring is 1. The van der Waals surface area contributed by atoms with E-state index in [1.807, 2.05) is 71.0 Å². The summed E-state index contributed by atoms with van der Waals surface area (Å²) in [5.41, 5.74) is 9.19. The summed E-state index contributed by atoms with van der Waals surface area (Å²) in [5, 5.41) is 6.92. The molecule has 0 aliphatic carbocycles. The molecule has 0 fully saturated rings. The molecule has 0 spiro atoms. The Morgan fingerprint density at radius 3 is 2.06 bits per heavy atom. The molecule has 3 N–H and O–H groups in total. The Labute approximate surface area is 210 Å². The highest BCUT2D eigenvalue weighted by atomic mass is 16.5. The Hall–Kier alpha value is -2.60. The van der Waals surface area contributed by atoms with Gasteiger partial charge in [-0.15, -0.1) is 0 Å². The minimum absolute atomic E-state index is 0.517. The van der Waals surface area contributed by atoms with Crippen LogP contribution in [-0.2, 0) is 0 Å². The van der Waals surface area contributed by atoms with Gasteiger partial charge in [-0.05, 0) is 38.9 Å². The first-order chi connectivity index (χ1) is 16.4. The van der Waals surface area contributed by atoms with Gasteiger partial charge in [-0.3, -0.25) is 0 Å². The van der Waals surface area contributed by atoms with Crippen LogP contribution in [0.15, 0.2) is 36.4 Å². The molecule has 0 bridgehead atoms. The van der Waals surface area contributed by atoms with Gasteiger partial charge >= 0.3 is 0 Å². The molecule has 0 radical (unpaired) electrons. The molecule has 0 aliphatic rings. The van der Waals surface area contributed by atoms with E-state index in [1.54, 1.807) is 0 Å². The number of likely N-dealkylation sites (N-methyl/N-ethyl adjacent to an activating group) is 1. The Balaban J connectivity index is 0. The summed E-state index contributed by atoms with van der Waals surface area (Å²) in [6.45, 7) is 21.1. The van der Waals surface area contributed by atoms with Crippen molar-refractivity contribution < 1.29 is 4.74 Å². The Morgan fingerprint density at radius 2 is 1.59 bits per heavy atom. The van der Waals surface area contributed by atoms with Crippen LogP contribution in [0.2, 0.25) is 0 Å². The fourth-order valence-electron chi connectivity index (χ4n) is 2.90. The number of rotatable bonds is 11. The summed E-state index contributed by atoms with van der Waals surface area (Å²) < 4.78 is 5.75. The summed E-state index contributed by atoms with van der Waals surface area (Å²) in [6.07, 6.45) is 3.58. The largest absolute Gasteiger partial charge is 0.476 e. The van der Waals surface area contributed by atoms with Crippen molar-refractivity contribution in [2.75, 3.05) is 50.5 Å². The zero-order valence-corrected chi connectivity index (χ0v) is 23.3. The molecule has 1 aromatic carbocycles. The lowest BCUT2D eigenvalue weighted by molar-refractivity contribution is 0.238. The molecule has 0 saturated carbocycles. The summed E-state index contributed by atoms with van der Waals surface area (Å²) in [4.78, 5) is 8.81. The van der Waals surface area contributed by atoms with E-state index in [4.69, 9.17) is 15.9 Å². The number of aromatic nitrogens is 1. The molecule has 1 aromatic heterocycles. The minimum Gasteiger partial charge on any atom is -0.476 e. The van der Waals surface area contributed by atoms with E-state index in [9.17, 15) is 0 Å². The topological polar surface area (TPSA) is 78.5 Å². The van der Waals surface area contributed by atoms with Crippen LogP contribution in [0.4, 0.5) is 11.5 Å². The first kappa shape index (κ1) is 33.6. The molecule has 0 amide bonds. The molecule has 0 saturated heterocycles. The zero-order valence-electron chi connectivity index (χ0n) is 23.3. The molecule has 2 rings (SSSR count). The van der Waals surface area contributed by atoms with Crippen molar-refractivity contribution in [3.63, 3.8) is 0 Å². The number of hydrogen-bond donors (Lipinski definition) is 2. The monoisotopic (exact) mass is 473 g/mol. The quantitative estimate of drug-likeness (QED) is 0.356. The van der Waals surface area contributed by atoms with E-state index in [2.05, 4.69) is 42.6 Å². The number of pyridine rings is 1. The van der Waals surface area contributed by atoms with Crippen LogP contribution in [0.5, 0.6) is 5.88 Å². The lowest BCUT2D eigenvalue weighted by atomic mass is 10.2. The maximum Gasteiger partial charge on any atom is 0.217 e. The summed E-state index contributed by atoms with van der Waals surface area (Å²) in [5.74, 6) is 1.13. The first-order valence-corrected chi connectivity index (χ1v) is 12.8. The van der Waals surface area contributed by atoms with Crippen molar-refractivity contribution in [2.24, 2.45) is 0 Å². The normalized spacial score (nSPS) is 9.47. The van der Waals surface area contributed by atoms with Gasteiger partial charge in [0.25, 0.3) is 0 Å². The molecule has 6 heteroatoms. The van der Waals surface area contributed by atoms with Crippen LogP contribution in [0.1, 0.15) is 72.4 Å². The SMILES string of the molecule is CC.CC.CCCN(CCC)c1cc(N)nc(OCCN(C)CC)c1.Cc1cccc(C=N)c1. The van der Waals surface area contributed by atoms with E-state index in [-0.39, 0.29) is 0 Å². The van der Waals surface area contributed by atoms with Crippen molar-refractivity contribution in [3.8, 4) is 5.88 Å². The standard InChI is InChI=1S/C16H30N4O.C8H9N.2C2H6/c1-5-8-20(9-6-2)14-12-15(17)18-16(13-14)21-11-10-19(4)7-3;1-7-3-2-4-8(5-7)6-9;2*1-2/h12-13H,5-11H2,1-4H3,(H2,17,18);2-6,9H,1H3;2*1-2H3. The van der Waals surface area contributed by atoms with Gasteiger partial charge < -0.3 is 25.7 Å². The molecular weight excluding hydrogens is 422 g/mol. The number of ether oxygens (including phenoxy) is 1. The molecule has 0 aliphatic heterocycles. The highest BCUT2D eigenvalue weighted by molar-refractivity contribution is 5.76. The van der Waals surface area contributed by atoms with Crippen molar-refractivity contribution in [3.05, 3.63) is 47.5 Å². The second-order valence-corrected chi connectivity index (χ2v) is 7.38. The molecule has 2 aromatic rings. The van der Waals surface area contributed by atoms with Gasteiger partial charge in [-0.25, -0.2) is 0 Å². The summed E-state index contributed by atoms with van der Waals surface area (Å²) >= 11 is 0. The maximum absolute atomic E-state index is 6.92. The second-order valence-electron chi connectivity index (χ2n) is 7.38. The Morgan fingerprint density at radius 1 is 0.971 bits per heavy atom. The van der Waals surface area contributed by atoms with Crippen molar-refractivity contribution >= 4 is 17.7 Å². The molecule has 0 unspecified atom stereocenters. The minimum atomic E-state index is 0.517. The Kier molecular flexibility index (Phi) is 21.9. The molecule has 1 heterocycles. The number of aryl methyl sites for hydroxylation is 1. The summed E-state index contributed by atoms with van der Waals surface area (Å²) in [6, 6.07) is 11.8. The Bertz CT molecular complexity index is 745. The van der Waals surface area contributed by atoms with E-state index < -0.39 is 0 Å². The summed E-state index contributed by atoms with van der Waals surface area (Å²) in [7, 11) is 2.08. The highest BCUT2D eigenvalue weighted by Gasteiger charge is 2.09. The fraction of sp³-hybridized carbons (Fsp3) is 0.571. The average molecular weight is 474 g/mol. The number of nitrogens with one attached hydrogen (secondary N) is 1. The predicted molar refractivity (Wildman–Crippen MR) is 152 cm³/mol. The zero-order chi connectivity index (χ0) is 26.4. The van der Waals surface area contributed by atoms with Gasteiger partial charge in [0.2, 0.25) is 5.88 Å². The van der Waals surface area contributed by atoms with E-state index in [1.165, 1.54) is 11.8 Å². The van der Waals surface area contributed by atoms with E-state index >= 15 is 0 Å². The molecule has 0 atom stereocenters. The van der Waals surface area contributed by atoms with Gasteiger partial charge in [-0.1, -0.05) is 78.3 Å². The average Bonchev–Trinajstić information content (AvgIpc) is 2.86. The van der Waals surface area contributed by atoms with Crippen LogP contribution in [-0.4, -0.2) is 55.9 Å². The van der Waals surface area contributed by atoms with E-state index in [0.29, 0.717) is 18.3 Å². The number of anilines is 2. The van der Waals surface area contributed by atoms with Crippen LogP contribution < -0.4 is 15.4 Å². The van der Waals surface area contributed by atoms with Crippen LogP contribution in [0, 0.1) is 12.3 Å². The molecule has 194 valence electrons. The van der Waals surface area contributed by atoms with Crippen molar-refractivity contribution in [2.45, 2.75) is 68.2 Å². The van der Waals surface area contributed by atoms with Gasteiger partial charge in [-0.2, -0.15) is 4.98 Å².